The van der Waals surface area contributed by atoms with Crippen LogP contribution in [-0.4, -0.2) is 40.0 Å². The lowest BCUT2D eigenvalue weighted by atomic mass is 10.0. The fourth-order valence-corrected chi connectivity index (χ4v) is 4.95. The Morgan fingerprint density at radius 3 is 2.32 bits per heavy atom. The highest BCUT2D eigenvalue weighted by Crippen LogP contribution is 2.21. The Morgan fingerprint density at radius 2 is 1.66 bits per heavy atom. The van der Waals surface area contributed by atoms with Crippen molar-refractivity contribution in [2.24, 2.45) is 0 Å². The van der Waals surface area contributed by atoms with Gasteiger partial charge in [-0.1, -0.05) is 80.1 Å². The molecule has 200 valence electrons. The first-order valence-electron chi connectivity index (χ1n) is 12.9. The summed E-state index contributed by atoms with van der Waals surface area (Å²) in [5, 5.41) is 14.0. The first kappa shape index (κ1) is 28.9. The minimum Gasteiger partial charge on any atom is -0.354 e. The molecule has 0 aromatic heterocycles. The van der Waals surface area contributed by atoms with E-state index < -0.39 is 11.0 Å². The number of hydrogen-bond acceptors (Lipinski definition) is 5. The second-order valence-corrected chi connectivity index (χ2v) is 10.2. The fraction of sp³-hybridized carbons (Fsp3) is 0.333. The van der Waals surface area contributed by atoms with Gasteiger partial charge in [0.05, 0.1) is 10.7 Å². The van der Waals surface area contributed by atoms with Crippen LogP contribution >= 0.6 is 11.8 Å². The number of nitro groups is 1. The van der Waals surface area contributed by atoms with Crippen LogP contribution in [0.2, 0.25) is 0 Å². The number of unbranched alkanes of at least 4 members (excludes halogenated alkanes) is 1. The number of thioether (sulfide) groups is 1. The molecule has 0 unspecified atom stereocenters. The topological polar surface area (TPSA) is 92.6 Å². The van der Waals surface area contributed by atoms with E-state index in [-0.39, 0.29) is 23.3 Å². The van der Waals surface area contributed by atoms with E-state index in [1.165, 1.54) is 23.9 Å². The average Bonchev–Trinajstić information content (AvgIpc) is 2.92. The van der Waals surface area contributed by atoms with Crippen LogP contribution in [0.25, 0.3) is 0 Å². The van der Waals surface area contributed by atoms with Crippen LogP contribution in [0.3, 0.4) is 0 Å². The highest BCUT2D eigenvalue weighted by Gasteiger charge is 2.30. The highest BCUT2D eigenvalue weighted by molar-refractivity contribution is 7.99. The molecule has 0 radical (unpaired) electrons. The molecule has 2 amide bonds. The van der Waals surface area contributed by atoms with E-state index in [2.05, 4.69) is 12.2 Å². The zero-order valence-electron chi connectivity index (χ0n) is 22.0. The van der Waals surface area contributed by atoms with Crippen molar-refractivity contribution in [2.45, 2.75) is 51.4 Å². The van der Waals surface area contributed by atoms with Crippen molar-refractivity contribution in [1.29, 1.82) is 0 Å². The summed E-state index contributed by atoms with van der Waals surface area (Å²) in [5.74, 6) is 0.459. The van der Waals surface area contributed by atoms with Crippen LogP contribution in [0.4, 0.5) is 5.69 Å². The van der Waals surface area contributed by atoms with Gasteiger partial charge in [-0.3, -0.25) is 19.7 Å². The van der Waals surface area contributed by atoms with Crippen molar-refractivity contribution in [3.05, 3.63) is 111 Å². The second-order valence-electron chi connectivity index (χ2n) is 9.21. The van der Waals surface area contributed by atoms with Gasteiger partial charge in [-0.15, -0.1) is 11.8 Å². The van der Waals surface area contributed by atoms with Crippen LogP contribution < -0.4 is 5.32 Å². The first-order chi connectivity index (χ1) is 18.4. The normalized spacial score (nSPS) is 11.5. The Balaban J connectivity index is 1.81. The molecule has 3 rings (SSSR count). The number of benzene rings is 3. The van der Waals surface area contributed by atoms with Gasteiger partial charge in [0.1, 0.15) is 6.04 Å². The Hall–Kier alpha value is -3.65. The van der Waals surface area contributed by atoms with Crippen molar-refractivity contribution in [3.8, 4) is 0 Å². The summed E-state index contributed by atoms with van der Waals surface area (Å²) in [6.07, 6.45) is 2.26. The summed E-state index contributed by atoms with van der Waals surface area (Å²) in [7, 11) is 0. The number of non-ortho nitro benzene ring substituents is 1. The third kappa shape index (κ3) is 8.73. The number of nitrogens with zero attached hydrogens (tertiary/aromatic N) is 2. The molecular formula is C30H35N3O4S. The molecule has 0 saturated carbocycles. The van der Waals surface area contributed by atoms with Crippen LogP contribution in [0.5, 0.6) is 0 Å². The molecule has 0 fully saturated rings. The SMILES string of the molecule is CCCCNC(=O)[C@H](Cc1ccccc1)N(Cc1ccccc1C)C(=O)CSCc1ccc([N+](=O)[O-])cc1. The average molecular weight is 534 g/mol. The lowest BCUT2D eigenvalue weighted by Gasteiger charge is -2.32. The largest absolute Gasteiger partial charge is 0.354 e. The standard InChI is InChI=1S/C30H35N3O4S/c1-3-4-18-31-30(35)28(19-24-11-6-5-7-12-24)32(20-26-13-9-8-10-23(26)2)29(34)22-38-21-25-14-16-27(17-15-25)33(36)37/h5-17,28H,3-4,18-22H2,1-2H3,(H,31,35)/t28-/m0/s1. The molecule has 8 heteroatoms. The molecule has 0 bridgehead atoms. The number of aryl methyl sites for hydroxylation is 1. The molecule has 0 aliphatic carbocycles. The van der Waals surface area contributed by atoms with E-state index in [4.69, 9.17) is 0 Å². The number of nitro benzene ring substituents is 1. The molecular weight excluding hydrogens is 498 g/mol. The number of hydrogen-bond donors (Lipinski definition) is 1. The van der Waals surface area contributed by atoms with Crippen LogP contribution in [0, 0.1) is 17.0 Å². The van der Waals surface area contributed by atoms with E-state index in [1.807, 2.05) is 61.5 Å². The first-order valence-corrected chi connectivity index (χ1v) is 14.0. The Labute approximate surface area is 228 Å². The lowest BCUT2D eigenvalue weighted by molar-refractivity contribution is -0.384. The predicted molar refractivity (Wildman–Crippen MR) is 153 cm³/mol. The monoisotopic (exact) mass is 533 g/mol. The van der Waals surface area contributed by atoms with E-state index in [0.29, 0.717) is 25.3 Å². The Morgan fingerprint density at radius 1 is 0.974 bits per heavy atom. The number of carbonyl (C=O) groups is 2. The van der Waals surface area contributed by atoms with Crippen molar-refractivity contribution < 1.29 is 14.5 Å². The molecule has 1 N–H and O–H groups in total. The van der Waals surface area contributed by atoms with Crippen molar-refractivity contribution in [1.82, 2.24) is 10.2 Å². The van der Waals surface area contributed by atoms with Crippen LogP contribution in [0.1, 0.15) is 42.0 Å². The second kappa shape index (κ2) is 14.9. The van der Waals surface area contributed by atoms with Crippen LogP contribution in [-0.2, 0) is 28.3 Å². The van der Waals surface area contributed by atoms with E-state index in [1.54, 1.807) is 17.0 Å². The van der Waals surface area contributed by atoms with Gasteiger partial charge >= 0.3 is 0 Å². The van der Waals surface area contributed by atoms with Gasteiger partial charge in [0.2, 0.25) is 11.8 Å². The van der Waals surface area contributed by atoms with Crippen LogP contribution in [0.15, 0.2) is 78.9 Å². The van der Waals surface area contributed by atoms with Gasteiger partial charge in [-0.2, -0.15) is 0 Å². The summed E-state index contributed by atoms with van der Waals surface area (Å²) in [6.45, 7) is 4.99. The molecule has 38 heavy (non-hydrogen) atoms. The molecule has 3 aromatic rings. The maximum Gasteiger partial charge on any atom is 0.269 e. The molecule has 3 aromatic carbocycles. The predicted octanol–water partition coefficient (Wildman–Crippen LogP) is 5.69. The smallest absolute Gasteiger partial charge is 0.269 e. The van der Waals surface area contributed by atoms with Crippen molar-refractivity contribution >= 4 is 29.3 Å². The summed E-state index contributed by atoms with van der Waals surface area (Å²) in [5.41, 5.74) is 3.99. The maximum atomic E-state index is 13.7. The Kier molecular flexibility index (Phi) is 11.4. The zero-order chi connectivity index (χ0) is 27.3. The Bertz CT molecular complexity index is 1200. The fourth-order valence-electron chi connectivity index (χ4n) is 4.08. The van der Waals surface area contributed by atoms with Gasteiger partial charge in [-0.25, -0.2) is 0 Å². The zero-order valence-corrected chi connectivity index (χ0v) is 22.8. The van der Waals surface area contributed by atoms with E-state index in [9.17, 15) is 19.7 Å². The minimum atomic E-state index is -0.652. The van der Waals surface area contributed by atoms with Gasteiger partial charge < -0.3 is 10.2 Å². The maximum absolute atomic E-state index is 13.7. The van der Waals surface area contributed by atoms with Gasteiger partial charge in [-0.05, 0) is 35.6 Å². The summed E-state index contributed by atoms with van der Waals surface area (Å²) in [6, 6.07) is 23.4. The molecule has 1 atom stereocenters. The molecule has 0 heterocycles. The highest BCUT2D eigenvalue weighted by atomic mass is 32.2. The number of amides is 2. The summed E-state index contributed by atoms with van der Waals surface area (Å²) < 4.78 is 0. The molecule has 0 aliphatic heterocycles. The quantitative estimate of drug-likeness (QED) is 0.163. The lowest BCUT2D eigenvalue weighted by Crippen LogP contribution is -2.51. The minimum absolute atomic E-state index is 0.0390. The third-order valence-corrected chi connectivity index (χ3v) is 7.33. The summed E-state index contributed by atoms with van der Waals surface area (Å²) >= 11 is 1.44. The van der Waals surface area contributed by atoms with Gasteiger partial charge in [0.15, 0.2) is 0 Å². The number of carbonyl (C=O) groups excluding carboxylic acids is 2. The molecule has 0 spiro atoms. The van der Waals surface area contributed by atoms with Gasteiger partial charge in [0, 0.05) is 37.4 Å². The molecule has 7 nitrogen and oxygen atoms in total. The third-order valence-electron chi connectivity index (χ3n) is 6.34. The van der Waals surface area contributed by atoms with Crippen molar-refractivity contribution in [2.75, 3.05) is 12.3 Å². The van der Waals surface area contributed by atoms with E-state index in [0.717, 1.165) is 35.1 Å². The van der Waals surface area contributed by atoms with Gasteiger partial charge in [0.25, 0.3) is 5.69 Å². The number of nitrogens with one attached hydrogen (secondary N) is 1. The summed E-state index contributed by atoms with van der Waals surface area (Å²) in [4.78, 5) is 39.3. The molecule has 0 saturated heterocycles. The molecule has 0 aliphatic rings. The van der Waals surface area contributed by atoms with Crippen molar-refractivity contribution in [3.63, 3.8) is 0 Å². The number of rotatable bonds is 14. The van der Waals surface area contributed by atoms with E-state index >= 15 is 0 Å².